The molecule has 0 saturated carbocycles. The average Bonchev–Trinajstić information content (AvgIpc) is 2.53. The first-order valence-corrected chi connectivity index (χ1v) is 5.00. The number of rotatable bonds is 1. The van der Waals surface area contributed by atoms with Gasteiger partial charge in [-0.05, 0) is 30.0 Å². The van der Waals surface area contributed by atoms with Crippen molar-refractivity contribution in [1.82, 2.24) is 0 Å². The Morgan fingerprint density at radius 3 is 2.54 bits per heavy atom. The molecule has 1 aromatic rings. The molecule has 1 aromatic carbocycles. The molecule has 0 unspecified atom stereocenters. The van der Waals surface area contributed by atoms with Gasteiger partial charge in [0.25, 0.3) is 0 Å². The molecule has 2 rings (SSSR count). The summed E-state index contributed by atoms with van der Waals surface area (Å²) in [6, 6.07) is 7.93. The van der Waals surface area contributed by atoms with E-state index < -0.39 is 0 Å². The van der Waals surface area contributed by atoms with Crippen molar-refractivity contribution in [3.05, 3.63) is 34.9 Å². The molecule has 13 heavy (non-hydrogen) atoms. The molecule has 2 heteroatoms. The molecule has 0 N–H and O–H groups in total. The Hall–Kier alpha value is -0.530. The van der Waals surface area contributed by atoms with Crippen LogP contribution < -0.4 is 0 Å². The summed E-state index contributed by atoms with van der Waals surface area (Å²) in [4.78, 5) is 0. The Morgan fingerprint density at radius 2 is 2.00 bits per heavy atom. The highest BCUT2D eigenvalue weighted by Crippen LogP contribution is 2.32. The zero-order chi connectivity index (χ0) is 9.26. The van der Waals surface area contributed by atoms with Gasteiger partial charge >= 0.3 is 0 Å². The highest BCUT2D eigenvalue weighted by molar-refractivity contribution is 6.30. The minimum atomic E-state index is 0.285. The quantitative estimate of drug-likeness (QED) is 0.669. The topological polar surface area (TPSA) is 9.23 Å². The Balaban J connectivity index is 2.13. The summed E-state index contributed by atoms with van der Waals surface area (Å²) in [5, 5.41) is 0.787. The van der Waals surface area contributed by atoms with Gasteiger partial charge in [-0.2, -0.15) is 0 Å². The Morgan fingerprint density at radius 1 is 1.31 bits per heavy atom. The van der Waals surface area contributed by atoms with E-state index in [1.54, 1.807) is 0 Å². The monoisotopic (exact) mass is 196 g/mol. The van der Waals surface area contributed by atoms with Gasteiger partial charge in [0, 0.05) is 5.02 Å². The SMILES string of the molecule is C[C@@H]1CO[C@@H](c2ccc(Cl)cc2)C1. The van der Waals surface area contributed by atoms with Gasteiger partial charge in [0.05, 0.1) is 12.7 Å². The molecule has 0 spiro atoms. The van der Waals surface area contributed by atoms with Crippen LogP contribution in [-0.4, -0.2) is 6.61 Å². The van der Waals surface area contributed by atoms with Gasteiger partial charge in [0.2, 0.25) is 0 Å². The van der Waals surface area contributed by atoms with Gasteiger partial charge in [-0.1, -0.05) is 30.7 Å². The summed E-state index contributed by atoms with van der Waals surface area (Å²) in [6.07, 6.45) is 1.41. The summed E-state index contributed by atoms with van der Waals surface area (Å²) in [6.45, 7) is 3.10. The first-order chi connectivity index (χ1) is 6.25. The molecule has 0 amide bonds. The van der Waals surface area contributed by atoms with E-state index in [1.165, 1.54) is 5.56 Å². The van der Waals surface area contributed by atoms with E-state index in [0.717, 1.165) is 18.1 Å². The van der Waals surface area contributed by atoms with Crippen LogP contribution in [0.15, 0.2) is 24.3 Å². The molecule has 70 valence electrons. The smallest absolute Gasteiger partial charge is 0.0828 e. The number of hydrogen-bond donors (Lipinski definition) is 0. The molecule has 0 bridgehead atoms. The van der Waals surface area contributed by atoms with Crippen LogP contribution in [0.4, 0.5) is 0 Å². The molecular formula is C11H13ClO. The third-order valence-corrected chi connectivity index (χ3v) is 2.69. The van der Waals surface area contributed by atoms with Crippen molar-refractivity contribution in [3.63, 3.8) is 0 Å². The van der Waals surface area contributed by atoms with Crippen LogP contribution in [0.2, 0.25) is 5.02 Å². The predicted octanol–water partition coefficient (Wildman–Crippen LogP) is 3.44. The normalized spacial score (nSPS) is 27.8. The summed E-state index contributed by atoms with van der Waals surface area (Å²) in [7, 11) is 0. The molecule has 0 radical (unpaired) electrons. The summed E-state index contributed by atoms with van der Waals surface area (Å²) >= 11 is 5.81. The lowest BCUT2D eigenvalue weighted by Crippen LogP contribution is -1.94. The van der Waals surface area contributed by atoms with Crippen molar-refractivity contribution in [1.29, 1.82) is 0 Å². The maximum absolute atomic E-state index is 5.81. The fraction of sp³-hybridized carbons (Fsp3) is 0.455. The van der Waals surface area contributed by atoms with E-state index in [2.05, 4.69) is 6.92 Å². The second-order valence-corrected chi connectivity index (χ2v) is 4.15. The van der Waals surface area contributed by atoms with Crippen molar-refractivity contribution >= 4 is 11.6 Å². The Labute approximate surface area is 83.7 Å². The highest BCUT2D eigenvalue weighted by atomic mass is 35.5. The van der Waals surface area contributed by atoms with Gasteiger partial charge in [-0.25, -0.2) is 0 Å². The fourth-order valence-corrected chi connectivity index (χ4v) is 1.82. The van der Waals surface area contributed by atoms with E-state index in [-0.39, 0.29) is 6.10 Å². The number of hydrogen-bond acceptors (Lipinski definition) is 1. The highest BCUT2D eigenvalue weighted by Gasteiger charge is 2.22. The van der Waals surface area contributed by atoms with Crippen LogP contribution in [-0.2, 0) is 4.74 Å². The molecule has 0 aromatic heterocycles. The first kappa shape index (κ1) is 9.04. The largest absolute Gasteiger partial charge is 0.373 e. The van der Waals surface area contributed by atoms with Gasteiger partial charge < -0.3 is 4.74 Å². The maximum atomic E-state index is 5.81. The van der Waals surface area contributed by atoms with Gasteiger partial charge in [0.1, 0.15) is 0 Å². The van der Waals surface area contributed by atoms with Crippen LogP contribution in [0.1, 0.15) is 25.0 Å². The standard InChI is InChI=1S/C11H13ClO/c1-8-6-11(13-7-8)9-2-4-10(12)5-3-9/h2-5,8,11H,6-7H2,1H3/t8-,11+/m0/s1. The van der Waals surface area contributed by atoms with E-state index >= 15 is 0 Å². The molecule has 2 atom stereocenters. The van der Waals surface area contributed by atoms with Gasteiger partial charge in [-0.3, -0.25) is 0 Å². The van der Waals surface area contributed by atoms with Crippen molar-refractivity contribution in [2.45, 2.75) is 19.4 Å². The van der Waals surface area contributed by atoms with Crippen LogP contribution in [0.25, 0.3) is 0 Å². The van der Waals surface area contributed by atoms with Crippen molar-refractivity contribution in [2.75, 3.05) is 6.61 Å². The molecule has 1 fully saturated rings. The molecule has 1 heterocycles. The van der Waals surface area contributed by atoms with Crippen LogP contribution in [0.5, 0.6) is 0 Å². The number of halogens is 1. The molecule has 1 aliphatic rings. The average molecular weight is 197 g/mol. The Kier molecular flexibility index (Phi) is 2.56. The minimum Gasteiger partial charge on any atom is -0.373 e. The zero-order valence-corrected chi connectivity index (χ0v) is 8.42. The van der Waals surface area contributed by atoms with E-state index in [4.69, 9.17) is 16.3 Å². The molecule has 0 aliphatic carbocycles. The summed E-state index contributed by atoms with van der Waals surface area (Å²) < 4.78 is 5.65. The molecule has 1 aliphatic heterocycles. The van der Waals surface area contributed by atoms with Crippen LogP contribution in [0.3, 0.4) is 0 Å². The van der Waals surface area contributed by atoms with E-state index in [0.29, 0.717) is 5.92 Å². The second-order valence-electron chi connectivity index (χ2n) is 3.71. The van der Waals surface area contributed by atoms with E-state index in [1.807, 2.05) is 24.3 Å². The third kappa shape index (κ3) is 2.04. The second kappa shape index (κ2) is 3.69. The summed E-state index contributed by atoms with van der Waals surface area (Å²) in [5.74, 6) is 0.681. The van der Waals surface area contributed by atoms with Crippen molar-refractivity contribution in [3.8, 4) is 0 Å². The molecular weight excluding hydrogens is 184 g/mol. The van der Waals surface area contributed by atoms with E-state index in [9.17, 15) is 0 Å². The lowest BCUT2D eigenvalue weighted by atomic mass is 10.0. The van der Waals surface area contributed by atoms with Crippen LogP contribution in [0, 0.1) is 5.92 Å². The molecule has 1 nitrogen and oxygen atoms in total. The van der Waals surface area contributed by atoms with Gasteiger partial charge in [-0.15, -0.1) is 0 Å². The van der Waals surface area contributed by atoms with Crippen LogP contribution >= 0.6 is 11.6 Å². The number of ether oxygens (including phenoxy) is 1. The lowest BCUT2D eigenvalue weighted by molar-refractivity contribution is 0.108. The zero-order valence-electron chi connectivity index (χ0n) is 7.66. The van der Waals surface area contributed by atoms with Gasteiger partial charge in [0.15, 0.2) is 0 Å². The van der Waals surface area contributed by atoms with Crippen molar-refractivity contribution < 1.29 is 4.74 Å². The third-order valence-electron chi connectivity index (χ3n) is 2.44. The first-order valence-electron chi connectivity index (χ1n) is 4.63. The number of benzene rings is 1. The maximum Gasteiger partial charge on any atom is 0.0828 e. The summed E-state index contributed by atoms with van der Waals surface area (Å²) in [5.41, 5.74) is 1.24. The minimum absolute atomic E-state index is 0.285. The lowest BCUT2D eigenvalue weighted by Gasteiger charge is -2.08. The fourth-order valence-electron chi connectivity index (χ4n) is 1.69. The predicted molar refractivity (Wildman–Crippen MR) is 53.9 cm³/mol. The van der Waals surface area contributed by atoms with Crippen molar-refractivity contribution in [2.24, 2.45) is 5.92 Å². The Bertz CT molecular complexity index is 281. The molecule has 1 saturated heterocycles.